The highest BCUT2D eigenvalue weighted by molar-refractivity contribution is 6.32. The van der Waals surface area contributed by atoms with Gasteiger partial charge in [-0.3, -0.25) is 14.6 Å². The molecule has 2 aromatic rings. The molecule has 0 atom stereocenters. The number of nitrogens with zero attached hydrogens (tertiary/aromatic N) is 4. The zero-order chi connectivity index (χ0) is 28.5. The second-order valence-corrected chi connectivity index (χ2v) is 10.1. The van der Waals surface area contributed by atoms with Crippen molar-refractivity contribution >= 4 is 41.0 Å². The Morgan fingerprint density at radius 2 is 2.05 bits per heavy atom. The molecule has 1 spiro atoms. The van der Waals surface area contributed by atoms with E-state index < -0.39 is 22.7 Å². The Balaban J connectivity index is 1.53. The molecule has 2 heterocycles. The molecule has 1 aliphatic carbocycles. The molecule has 2 aliphatic rings. The lowest BCUT2D eigenvalue weighted by atomic mass is 9.65. The van der Waals surface area contributed by atoms with Gasteiger partial charge in [0, 0.05) is 31.1 Å². The van der Waals surface area contributed by atoms with Crippen molar-refractivity contribution in [2.45, 2.75) is 44.9 Å². The molecule has 0 unspecified atom stereocenters. The fourth-order valence-corrected chi connectivity index (χ4v) is 5.55. The van der Waals surface area contributed by atoms with Gasteiger partial charge in [0.1, 0.15) is 17.1 Å². The number of carbonyl (C=O) groups is 2. The molecule has 1 aromatic carbocycles. The summed E-state index contributed by atoms with van der Waals surface area (Å²) in [6.07, 6.45) is 0.0686. The fraction of sp³-hybridized carbons (Fsp3) is 0.385. The number of benzene rings is 1. The molecule has 2 fully saturated rings. The minimum atomic E-state index is -4.60. The summed E-state index contributed by atoms with van der Waals surface area (Å²) in [5.41, 5.74) is 17.1. The number of carbonyl (C=O) groups excluding carboxylic acids is 2. The number of halogens is 4. The topological polar surface area (TPSA) is 146 Å². The van der Waals surface area contributed by atoms with Crippen molar-refractivity contribution in [2.75, 3.05) is 18.8 Å². The van der Waals surface area contributed by atoms with E-state index in [1.807, 2.05) is 0 Å². The third-order valence-electron chi connectivity index (χ3n) is 7.16. The first-order valence-corrected chi connectivity index (χ1v) is 12.4. The lowest BCUT2D eigenvalue weighted by molar-refractivity contribution is -0.137. The number of hydrogen-bond acceptors (Lipinski definition) is 6. The van der Waals surface area contributed by atoms with Crippen molar-refractivity contribution in [3.8, 4) is 11.8 Å². The zero-order valence-corrected chi connectivity index (χ0v) is 21.8. The van der Waals surface area contributed by atoms with Crippen LogP contribution in [0.1, 0.15) is 59.4 Å². The SMILES string of the molecule is CC#CC(=O)N1CCC2(CC(n3nc(C(C=NCc4cccc(C(F)(F)F)c4Cl)=CN)c(C(N)=O)c3N)C2)C1. The minimum absolute atomic E-state index is 0.0300. The quantitative estimate of drug-likeness (QED) is 0.365. The van der Waals surface area contributed by atoms with Gasteiger partial charge in [-0.2, -0.15) is 18.3 Å². The molecule has 0 bridgehead atoms. The van der Waals surface area contributed by atoms with Gasteiger partial charge in [-0.25, -0.2) is 4.68 Å². The number of allylic oxidation sites excluding steroid dienone is 1. The fourth-order valence-electron chi connectivity index (χ4n) is 5.26. The van der Waals surface area contributed by atoms with Crippen LogP contribution in [0.3, 0.4) is 0 Å². The van der Waals surface area contributed by atoms with Gasteiger partial charge in [-0.05, 0) is 49.2 Å². The summed E-state index contributed by atoms with van der Waals surface area (Å²) in [4.78, 5) is 30.4. The molecule has 1 aromatic heterocycles. The third kappa shape index (κ3) is 5.45. The predicted octanol–water partition coefficient (Wildman–Crippen LogP) is 3.38. The molecule has 39 heavy (non-hydrogen) atoms. The van der Waals surface area contributed by atoms with E-state index in [0.29, 0.717) is 25.9 Å². The van der Waals surface area contributed by atoms with Crippen LogP contribution in [0, 0.1) is 17.3 Å². The Bertz CT molecular complexity index is 1430. The van der Waals surface area contributed by atoms with Gasteiger partial charge >= 0.3 is 6.18 Å². The van der Waals surface area contributed by atoms with E-state index in [4.69, 9.17) is 28.8 Å². The molecule has 206 valence electrons. The van der Waals surface area contributed by atoms with E-state index in [0.717, 1.165) is 18.7 Å². The largest absolute Gasteiger partial charge is 0.417 e. The van der Waals surface area contributed by atoms with E-state index in [1.165, 1.54) is 23.0 Å². The average molecular weight is 562 g/mol. The third-order valence-corrected chi connectivity index (χ3v) is 7.61. The van der Waals surface area contributed by atoms with Gasteiger partial charge in [-0.15, -0.1) is 0 Å². The first-order chi connectivity index (χ1) is 18.4. The van der Waals surface area contributed by atoms with Crippen molar-refractivity contribution < 1.29 is 22.8 Å². The zero-order valence-electron chi connectivity index (χ0n) is 21.1. The van der Waals surface area contributed by atoms with Crippen LogP contribution >= 0.6 is 11.6 Å². The molecule has 2 amide bonds. The number of aromatic nitrogens is 2. The van der Waals surface area contributed by atoms with Crippen LogP contribution in [-0.4, -0.2) is 45.8 Å². The highest BCUT2D eigenvalue weighted by Crippen LogP contribution is 2.54. The Hall–Kier alpha value is -3.98. The molecule has 1 aliphatic heterocycles. The molecule has 0 radical (unpaired) electrons. The van der Waals surface area contributed by atoms with Crippen LogP contribution in [0.25, 0.3) is 5.57 Å². The number of amides is 2. The number of nitrogen functional groups attached to an aromatic ring is 1. The van der Waals surface area contributed by atoms with Crippen LogP contribution in [0.4, 0.5) is 19.0 Å². The Morgan fingerprint density at radius 3 is 2.67 bits per heavy atom. The second-order valence-electron chi connectivity index (χ2n) is 9.70. The van der Waals surface area contributed by atoms with Gasteiger partial charge < -0.3 is 22.1 Å². The maximum absolute atomic E-state index is 13.2. The maximum Gasteiger partial charge on any atom is 0.417 e. The monoisotopic (exact) mass is 561 g/mol. The summed E-state index contributed by atoms with van der Waals surface area (Å²) in [6, 6.07) is 3.44. The highest BCUT2D eigenvalue weighted by atomic mass is 35.5. The minimum Gasteiger partial charge on any atom is -0.404 e. The molecule has 1 saturated heterocycles. The lowest BCUT2D eigenvalue weighted by Gasteiger charge is -2.45. The second kappa shape index (κ2) is 10.6. The first-order valence-electron chi connectivity index (χ1n) is 12.1. The lowest BCUT2D eigenvalue weighted by Crippen LogP contribution is -2.42. The van der Waals surface area contributed by atoms with Crippen LogP contribution in [0.5, 0.6) is 0 Å². The van der Waals surface area contributed by atoms with Gasteiger partial charge in [0.15, 0.2) is 0 Å². The molecule has 9 nitrogen and oxygen atoms in total. The summed E-state index contributed by atoms with van der Waals surface area (Å²) >= 11 is 5.95. The molecule has 4 rings (SSSR count). The standard InChI is InChI=1S/C26H27ClF3N7O2/c1-2-4-19(38)36-8-7-25(14-36)9-17(10-25)37-23(32)20(24(33)39)22(35-37)16(11-31)13-34-12-15-5-3-6-18(21(15)27)26(28,29)30/h3,5-6,11,13,17H,7-10,12,14,31-32H2,1H3,(H2,33,39). The molecule has 6 N–H and O–H groups in total. The Labute approximate surface area is 227 Å². The van der Waals surface area contributed by atoms with Crippen LogP contribution in [0.15, 0.2) is 29.4 Å². The van der Waals surface area contributed by atoms with E-state index in [1.54, 1.807) is 11.8 Å². The summed E-state index contributed by atoms with van der Waals surface area (Å²) in [5.74, 6) is 4.26. The van der Waals surface area contributed by atoms with Gasteiger partial charge in [0.25, 0.3) is 11.8 Å². The maximum atomic E-state index is 13.2. The van der Waals surface area contributed by atoms with E-state index in [-0.39, 0.29) is 52.1 Å². The number of hydrogen-bond donors (Lipinski definition) is 3. The number of likely N-dealkylation sites (tertiary alicyclic amines) is 1. The van der Waals surface area contributed by atoms with Crippen LogP contribution < -0.4 is 17.2 Å². The van der Waals surface area contributed by atoms with Gasteiger partial charge in [0.2, 0.25) is 0 Å². The Kier molecular flexibility index (Phi) is 7.66. The summed E-state index contributed by atoms with van der Waals surface area (Å²) < 4.78 is 41.0. The van der Waals surface area contributed by atoms with Crippen LogP contribution in [-0.2, 0) is 17.5 Å². The van der Waals surface area contributed by atoms with Gasteiger partial charge in [0.05, 0.1) is 23.2 Å². The highest BCUT2D eigenvalue weighted by Gasteiger charge is 2.51. The summed E-state index contributed by atoms with van der Waals surface area (Å²) in [5, 5.41) is 4.08. The van der Waals surface area contributed by atoms with Crippen molar-refractivity contribution in [2.24, 2.45) is 21.9 Å². The predicted molar refractivity (Wildman–Crippen MR) is 141 cm³/mol. The summed E-state index contributed by atoms with van der Waals surface area (Å²) in [6.45, 7) is 2.66. The Morgan fingerprint density at radius 1 is 1.33 bits per heavy atom. The van der Waals surface area contributed by atoms with Crippen molar-refractivity contribution in [1.29, 1.82) is 0 Å². The molecule has 1 saturated carbocycles. The summed E-state index contributed by atoms with van der Waals surface area (Å²) in [7, 11) is 0. The number of alkyl halides is 3. The number of aliphatic imine (C=N–C) groups is 1. The average Bonchev–Trinajstić information content (AvgIpc) is 3.43. The van der Waals surface area contributed by atoms with E-state index >= 15 is 0 Å². The molecule has 13 heteroatoms. The van der Waals surface area contributed by atoms with Crippen molar-refractivity contribution in [1.82, 2.24) is 14.7 Å². The molecular formula is C26H27ClF3N7O2. The van der Waals surface area contributed by atoms with E-state index in [2.05, 4.69) is 21.9 Å². The first kappa shape index (κ1) is 28.0. The van der Waals surface area contributed by atoms with Gasteiger partial charge in [-0.1, -0.05) is 29.7 Å². The number of nitrogens with two attached hydrogens (primary N) is 3. The normalized spacial score (nSPS) is 21.2. The number of rotatable bonds is 6. The van der Waals surface area contributed by atoms with Crippen LogP contribution in [0.2, 0.25) is 5.02 Å². The van der Waals surface area contributed by atoms with Crippen molar-refractivity contribution in [3.63, 3.8) is 0 Å². The van der Waals surface area contributed by atoms with E-state index in [9.17, 15) is 22.8 Å². The number of primary amides is 1. The molecular weight excluding hydrogens is 535 g/mol. The van der Waals surface area contributed by atoms with Crippen molar-refractivity contribution in [3.05, 3.63) is 51.8 Å². The number of anilines is 1. The smallest absolute Gasteiger partial charge is 0.404 e.